The van der Waals surface area contributed by atoms with Gasteiger partial charge in [0.15, 0.2) is 11.5 Å². The minimum Gasteiger partial charge on any atom is -0.444 e. The zero-order chi connectivity index (χ0) is 33.5. The second-order valence-electron chi connectivity index (χ2n) is 12.7. The Morgan fingerprint density at radius 1 is 1.09 bits per heavy atom. The third-order valence-electron chi connectivity index (χ3n) is 8.19. The molecule has 1 aliphatic heterocycles. The van der Waals surface area contributed by atoms with Crippen LogP contribution in [0.15, 0.2) is 30.6 Å². The zero-order valence-corrected chi connectivity index (χ0v) is 25.7. The number of anilines is 1. The Hall–Kier alpha value is -4.21. The Bertz CT molecular complexity index is 1740. The van der Waals surface area contributed by atoms with E-state index in [1.165, 1.54) is 25.2 Å². The number of hydrogen-bond donors (Lipinski definition) is 2. The van der Waals surface area contributed by atoms with E-state index in [0.717, 1.165) is 17.0 Å². The average Bonchev–Trinajstić information content (AvgIpc) is 3.44. The molecule has 3 heterocycles. The molecule has 3 aromatic rings. The summed E-state index contributed by atoms with van der Waals surface area (Å²) in [6, 6.07) is 2.59. The van der Waals surface area contributed by atoms with E-state index < -0.39 is 59.3 Å². The van der Waals surface area contributed by atoms with Gasteiger partial charge in [-0.2, -0.15) is 18.3 Å². The summed E-state index contributed by atoms with van der Waals surface area (Å²) in [5.74, 6) is -4.43. The van der Waals surface area contributed by atoms with Crippen molar-refractivity contribution in [2.24, 2.45) is 18.9 Å². The van der Waals surface area contributed by atoms with Crippen LogP contribution in [0.3, 0.4) is 0 Å². The number of nitrogens with one attached hydrogen (secondary N) is 2. The van der Waals surface area contributed by atoms with Gasteiger partial charge in [-0.3, -0.25) is 14.3 Å². The second-order valence-corrected chi connectivity index (χ2v) is 13.1. The molecular weight excluding hydrogens is 641 g/mol. The van der Waals surface area contributed by atoms with Gasteiger partial charge >= 0.3 is 12.3 Å². The fraction of sp³-hybridized carbons (Fsp3) is 0.483. The molecule has 2 N–H and O–H groups in total. The highest BCUT2D eigenvalue weighted by Crippen LogP contribution is 2.53. The van der Waals surface area contributed by atoms with Crippen molar-refractivity contribution in [3.63, 3.8) is 0 Å². The number of alkyl halides is 5. The number of halogens is 6. The molecule has 2 aliphatic carbocycles. The van der Waals surface area contributed by atoms with Gasteiger partial charge in [0, 0.05) is 56.3 Å². The van der Waals surface area contributed by atoms with Crippen LogP contribution in [-0.4, -0.2) is 72.8 Å². The Labute approximate surface area is 264 Å². The summed E-state index contributed by atoms with van der Waals surface area (Å²) in [6.45, 7) is 6.30. The molecule has 0 radical (unpaired) electrons. The van der Waals surface area contributed by atoms with E-state index in [1.54, 1.807) is 25.7 Å². The van der Waals surface area contributed by atoms with Gasteiger partial charge in [0.05, 0.1) is 28.0 Å². The van der Waals surface area contributed by atoms with Crippen LogP contribution in [0.25, 0.3) is 11.3 Å². The molecule has 46 heavy (non-hydrogen) atoms. The number of piperidine rings is 1. The first-order valence-electron chi connectivity index (χ1n) is 14.3. The van der Waals surface area contributed by atoms with Crippen molar-refractivity contribution >= 4 is 35.2 Å². The zero-order valence-electron chi connectivity index (χ0n) is 25.0. The minimum atomic E-state index is -4.94. The summed E-state index contributed by atoms with van der Waals surface area (Å²) < 4.78 is 75.4. The van der Waals surface area contributed by atoms with Gasteiger partial charge in [-0.1, -0.05) is 11.6 Å². The maximum Gasteiger partial charge on any atom is 0.435 e. The molecule has 3 aliphatic rings. The molecule has 3 amide bonds. The molecule has 2 saturated carbocycles. The fourth-order valence-electron chi connectivity index (χ4n) is 5.71. The molecule has 0 spiro atoms. The number of fused-ring (bicyclic) bond motifs is 1. The summed E-state index contributed by atoms with van der Waals surface area (Å²) in [5.41, 5.74) is -2.29. The minimum absolute atomic E-state index is 0.0381. The van der Waals surface area contributed by atoms with Gasteiger partial charge in [0.2, 0.25) is 0 Å². The van der Waals surface area contributed by atoms with Gasteiger partial charge in [-0.05, 0) is 39.0 Å². The molecule has 6 rings (SSSR count). The van der Waals surface area contributed by atoms with E-state index in [2.05, 4.69) is 20.7 Å². The first kappa shape index (κ1) is 31.8. The topological polar surface area (TPSA) is 123 Å². The summed E-state index contributed by atoms with van der Waals surface area (Å²) >= 11 is 6.36. The Morgan fingerprint density at radius 3 is 2.30 bits per heavy atom. The van der Waals surface area contributed by atoms with E-state index >= 15 is 0 Å². The van der Waals surface area contributed by atoms with Gasteiger partial charge in [0.1, 0.15) is 11.6 Å². The van der Waals surface area contributed by atoms with Crippen molar-refractivity contribution < 1.29 is 41.1 Å². The molecule has 1 saturated heterocycles. The standard InChI is InChI=1S/C29H29ClF5N7O4/c1-27(2,3)46-26(45)41-10-15-16(11-41)21(15)38-24(43)14-6-5-13(7-18(14)30)37-25(44)23-36-9-19(40(23)4)17-12-42(20-8-28(20,31)32)39-22(17)29(33,34)35/h5-7,9,12,15-16,20-21H,8,10-11H2,1-4H3,(H,37,44)(H,38,43)/t15-,16+,20-,21?/m1/s1. The Kier molecular flexibility index (Phi) is 7.37. The number of aromatic nitrogens is 4. The van der Waals surface area contributed by atoms with Crippen molar-refractivity contribution in [3.05, 3.63) is 52.7 Å². The first-order chi connectivity index (χ1) is 21.3. The molecule has 4 atom stereocenters. The fourth-order valence-corrected chi connectivity index (χ4v) is 5.98. The summed E-state index contributed by atoms with van der Waals surface area (Å²) in [5, 5.41) is 8.89. The van der Waals surface area contributed by atoms with Gasteiger partial charge < -0.3 is 24.8 Å². The van der Waals surface area contributed by atoms with Crippen LogP contribution >= 0.6 is 11.6 Å². The maximum atomic E-state index is 13.7. The normalized spacial score (nSPS) is 23.1. The third kappa shape index (κ3) is 6.01. The van der Waals surface area contributed by atoms with Crippen molar-refractivity contribution in [3.8, 4) is 11.3 Å². The smallest absolute Gasteiger partial charge is 0.435 e. The van der Waals surface area contributed by atoms with Gasteiger partial charge in [-0.25, -0.2) is 18.6 Å². The summed E-state index contributed by atoms with van der Waals surface area (Å²) in [4.78, 5) is 43.8. The van der Waals surface area contributed by atoms with Crippen LogP contribution in [0.4, 0.5) is 32.4 Å². The summed E-state index contributed by atoms with van der Waals surface area (Å²) in [7, 11) is 1.31. The molecule has 3 fully saturated rings. The number of rotatable bonds is 6. The molecule has 2 aromatic heterocycles. The lowest BCUT2D eigenvalue weighted by Crippen LogP contribution is -2.40. The number of nitrogens with zero attached hydrogens (tertiary/aromatic N) is 5. The van der Waals surface area contributed by atoms with Crippen LogP contribution in [0.2, 0.25) is 5.02 Å². The highest BCUT2D eigenvalue weighted by Gasteiger charge is 2.60. The number of ether oxygens (including phenoxy) is 1. The van der Waals surface area contributed by atoms with Crippen LogP contribution in [0.5, 0.6) is 0 Å². The third-order valence-corrected chi connectivity index (χ3v) is 8.51. The van der Waals surface area contributed by atoms with Crippen LogP contribution in [0.1, 0.15) is 59.9 Å². The molecule has 246 valence electrons. The quantitative estimate of drug-likeness (QED) is 0.340. The van der Waals surface area contributed by atoms with E-state index in [4.69, 9.17) is 16.3 Å². The summed E-state index contributed by atoms with van der Waals surface area (Å²) in [6.07, 6.45) is -4.06. The highest BCUT2D eigenvalue weighted by atomic mass is 35.5. The highest BCUT2D eigenvalue weighted by molar-refractivity contribution is 6.34. The number of benzene rings is 1. The van der Waals surface area contributed by atoms with Crippen LogP contribution in [0, 0.1) is 11.8 Å². The lowest BCUT2D eigenvalue weighted by Gasteiger charge is -2.26. The number of carbonyl (C=O) groups is 3. The monoisotopic (exact) mass is 669 g/mol. The van der Waals surface area contributed by atoms with E-state index in [1.807, 2.05) is 0 Å². The molecule has 11 nitrogen and oxygen atoms in total. The van der Waals surface area contributed by atoms with Crippen LogP contribution in [-0.2, 0) is 18.0 Å². The number of imidazole rings is 1. The lowest BCUT2D eigenvalue weighted by molar-refractivity contribution is -0.141. The number of hydrogen-bond acceptors (Lipinski definition) is 6. The van der Waals surface area contributed by atoms with Crippen LogP contribution < -0.4 is 10.6 Å². The predicted molar refractivity (Wildman–Crippen MR) is 153 cm³/mol. The number of carbonyl (C=O) groups excluding carboxylic acids is 3. The Morgan fingerprint density at radius 2 is 1.74 bits per heavy atom. The van der Waals surface area contributed by atoms with Crippen molar-refractivity contribution in [1.29, 1.82) is 0 Å². The first-order valence-corrected chi connectivity index (χ1v) is 14.7. The molecule has 0 bridgehead atoms. The molecule has 1 unspecified atom stereocenters. The molecular formula is C29H29ClF5N7O4. The van der Waals surface area contributed by atoms with Crippen molar-refractivity contribution in [1.82, 2.24) is 29.5 Å². The number of likely N-dealkylation sites (tertiary alicyclic amines) is 1. The Balaban J connectivity index is 1.09. The van der Waals surface area contributed by atoms with Gasteiger partial charge in [-0.15, -0.1) is 0 Å². The van der Waals surface area contributed by atoms with Gasteiger partial charge in [0.25, 0.3) is 17.7 Å². The largest absolute Gasteiger partial charge is 0.444 e. The van der Waals surface area contributed by atoms with E-state index in [-0.39, 0.29) is 45.7 Å². The maximum absolute atomic E-state index is 13.7. The SMILES string of the molecule is Cn1c(-c2cn([C@@H]3CC3(F)F)nc2C(F)(F)F)cnc1C(=O)Nc1ccc(C(=O)NC2[C@H]3CN(C(=O)OC(C)(C)C)C[C@@H]23)c(Cl)c1. The average molecular weight is 670 g/mol. The lowest BCUT2D eigenvalue weighted by atomic mass is 10.2. The van der Waals surface area contributed by atoms with Crippen molar-refractivity contribution in [2.75, 3.05) is 18.4 Å². The molecule has 1 aromatic carbocycles. The number of amides is 3. The predicted octanol–water partition coefficient (Wildman–Crippen LogP) is 5.38. The molecule has 17 heteroatoms. The van der Waals surface area contributed by atoms with E-state index in [0.29, 0.717) is 17.8 Å². The second kappa shape index (κ2) is 10.7. The van der Waals surface area contributed by atoms with Crippen molar-refractivity contribution in [2.45, 2.75) is 57.0 Å². The van der Waals surface area contributed by atoms with E-state index in [9.17, 15) is 36.3 Å².